The first-order chi connectivity index (χ1) is 19.3. The summed E-state index contributed by atoms with van der Waals surface area (Å²) in [5, 5.41) is 2.91. The van der Waals surface area contributed by atoms with Gasteiger partial charge in [-0.2, -0.15) is 4.31 Å². The molecule has 4 aromatic rings. The molecule has 0 aliphatic rings. The predicted molar refractivity (Wildman–Crippen MR) is 154 cm³/mol. The summed E-state index contributed by atoms with van der Waals surface area (Å²) >= 11 is 0. The summed E-state index contributed by atoms with van der Waals surface area (Å²) in [5.41, 5.74) is 2.85. The van der Waals surface area contributed by atoms with Gasteiger partial charge in [-0.05, 0) is 28.8 Å². The lowest BCUT2D eigenvalue weighted by atomic mass is 10.0. The number of hydrogen-bond acceptors (Lipinski definition) is 5. The monoisotopic (exact) mass is 556 g/mol. The summed E-state index contributed by atoms with van der Waals surface area (Å²) in [6.45, 7) is -0.0943. The van der Waals surface area contributed by atoms with Crippen molar-refractivity contribution in [1.82, 2.24) is 19.5 Å². The van der Waals surface area contributed by atoms with Crippen LogP contribution in [0.2, 0.25) is 0 Å². The van der Waals surface area contributed by atoms with Gasteiger partial charge in [-0.15, -0.1) is 0 Å². The minimum Gasteiger partial charge on any atom is -0.348 e. The van der Waals surface area contributed by atoms with Crippen LogP contribution in [0.4, 0.5) is 0 Å². The number of sulfonamides is 1. The van der Waals surface area contributed by atoms with Gasteiger partial charge in [-0.1, -0.05) is 97.1 Å². The first-order valence-corrected chi connectivity index (χ1v) is 14.7. The largest absolute Gasteiger partial charge is 0.348 e. The highest BCUT2D eigenvalue weighted by atomic mass is 32.2. The average molecular weight is 557 g/mol. The first kappa shape index (κ1) is 28.7. The molecular weight excluding hydrogens is 524 g/mol. The second-order valence-electron chi connectivity index (χ2n) is 9.38. The molecular formula is C31H32N4O4S. The minimum absolute atomic E-state index is 0.0342. The topological polar surface area (TPSA) is 99.7 Å². The van der Waals surface area contributed by atoms with E-state index in [2.05, 4.69) is 10.3 Å². The lowest BCUT2D eigenvalue weighted by molar-refractivity contribution is -0.141. The summed E-state index contributed by atoms with van der Waals surface area (Å²) in [7, 11) is -3.74. The maximum absolute atomic E-state index is 14.0. The quantitative estimate of drug-likeness (QED) is 0.285. The summed E-state index contributed by atoms with van der Waals surface area (Å²) in [6, 6.07) is 31.8. The third-order valence-electron chi connectivity index (χ3n) is 6.34. The summed E-state index contributed by atoms with van der Waals surface area (Å²) in [4.78, 5) is 33.5. The fourth-order valence-electron chi connectivity index (χ4n) is 4.31. The van der Waals surface area contributed by atoms with Gasteiger partial charge in [0.25, 0.3) is 0 Å². The van der Waals surface area contributed by atoms with Crippen molar-refractivity contribution < 1.29 is 18.0 Å². The lowest BCUT2D eigenvalue weighted by Crippen LogP contribution is -2.47. The molecule has 40 heavy (non-hydrogen) atoms. The van der Waals surface area contributed by atoms with Crippen molar-refractivity contribution in [2.75, 3.05) is 12.8 Å². The molecule has 8 nitrogen and oxygen atoms in total. The van der Waals surface area contributed by atoms with Crippen molar-refractivity contribution in [3.05, 3.63) is 138 Å². The van der Waals surface area contributed by atoms with Gasteiger partial charge in [0.05, 0.1) is 25.0 Å². The van der Waals surface area contributed by atoms with Crippen LogP contribution in [0.3, 0.4) is 0 Å². The van der Waals surface area contributed by atoms with Crippen LogP contribution in [0.5, 0.6) is 0 Å². The van der Waals surface area contributed by atoms with Crippen LogP contribution in [0.1, 0.15) is 28.4 Å². The zero-order valence-corrected chi connectivity index (χ0v) is 23.1. The van der Waals surface area contributed by atoms with Crippen molar-refractivity contribution in [3.63, 3.8) is 0 Å². The van der Waals surface area contributed by atoms with E-state index in [9.17, 15) is 18.0 Å². The smallest absolute Gasteiger partial charge is 0.247 e. The molecule has 4 rings (SSSR count). The van der Waals surface area contributed by atoms with E-state index in [1.807, 2.05) is 72.8 Å². The Morgan fingerprint density at radius 3 is 1.88 bits per heavy atom. The molecule has 0 aliphatic carbocycles. The summed E-state index contributed by atoms with van der Waals surface area (Å²) < 4.78 is 26.6. The molecule has 9 heteroatoms. The molecule has 0 aliphatic heterocycles. The van der Waals surface area contributed by atoms with E-state index in [-0.39, 0.29) is 19.6 Å². The Bertz CT molecular complexity index is 1490. The van der Waals surface area contributed by atoms with E-state index in [1.165, 1.54) is 4.90 Å². The Hall–Kier alpha value is -4.34. The molecule has 2 amide bonds. The molecule has 1 heterocycles. The van der Waals surface area contributed by atoms with Gasteiger partial charge in [0.1, 0.15) is 6.04 Å². The van der Waals surface area contributed by atoms with Crippen LogP contribution in [-0.4, -0.2) is 47.2 Å². The number of pyridine rings is 1. The second kappa shape index (κ2) is 13.6. The van der Waals surface area contributed by atoms with Crippen molar-refractivity contribution in [2.24, 2.45) is 0 Å². The maximum Gasteiger partial charge on any atom is 0.247 e. The molecule has 0 saturated heterocycles. The van der Waals surface area contributed by atoms with Gasteiger partial charge in [-0.25, -0.2) is 8.42 Å². The van der Waals surface area contributed by atoms with E-state index < -0.39 is 34.4 Å². The van der Waals surface area contributed by atoms with Crippen molar-refractivity contribution in [2.45, 2.75) is 25.7 Å². The van der Waals surface area contributed by atoms with Crippen molar-refractivity contribution in [3.8, 4) is 0 Å². The molecule has 3 aromatic carbocycles. The Morgan fingerprint density at radius 2 is 1.32 bits per heavy atom. The number of nitrogens with one attached hydrogen (secondary N) is 1. The fraction of sp³-hybridized carbons (Fsp3) is 0.194. The Morgan fingerprint density at radius 1 is 0.775 bits per heavy atom. The van der Waals surface area contributed by atoms with E-state index >= 15 is 0 Å². The zero-order chi connectivity index (χ0) is 28.4. The summed E-state index contributed by atoms with van der Waals surface area (Å²) in [6.07, 6.45) is 2.73. The van der Waals surface area contributed by atoms with Gasteiger partial charge in [0.15, 0.2) is 0 Å². The Balaban J connectivity index is 1.68. The number of carbonyl (C=O) groups excluding carboxylic acids is 2. The number of benzene rings is 3. The van der Waals surface area contributed by atoms with Crippen LogP contribution in [0.15, 0.2) is 115 Å². The molecule has 0 saturated carbocycles. The third-order valence-corrected chi connectivity index (χ3v) is 7.54. The normalized spacial score (nSPS) is 12.1. The molecule has 1 aromatic heterocycles. The SMILES string of the molecule is CS(=O)(=O)N(CC(=O)N(Cc1ccccc1)[C@@H](C(=O)NCc1ccccn1)c1ccccc1)Cc1ccccc1. The highest BCUT2D eigenvalue weighted by Crippen LogP contribution is 2.25. The average Bonchev–Trinajstić information content (AvgIpc) is 2.97. The number of rotatable bonds is 12. The number of nitrogens with zero attached hydrogens (tertiary/aromatic N) is 3. The van der Waals surface area contributed by atoms with Crippen LogP contribution in [0, 0.1) is 0 Å². The summed E-state index contributed by atoms with van der Waals surface area (Å²) in [5.74, 6) is -0.887. The van der Waals surface area contributed by atoms with E-state index in [0.717, 1.165) is 21.7 Å². The van der Waals surface area contributed by atoms with Crippen LogP contribution >= 0.6 is 0 Å². The Labute approximate surface area is 235 Å². The lowest BCUT2D eigenvalue weighted by Gasteiger charge is -2.33. The van der Waals surface area contributed by atoms with Gasteiger partial charge >= 0.3 is 0 Å². The first-order valence-electron chi connectivity index (χ1n) is 12.9. The van der Waals surface area contributed by atoms with E-state index in [4.69, 9.17) is 0 Å². The highest BCUT2D eigenvalue weighted by molar-refractivity contribution is 7.88. The van der Waals surface area contributed by atoms with E-state index in [1.54, 1.807) is 42.6 Å². The molecule has 206 valence electrons. The predicted octanol–water partition coefficient (Wildman–Crippen LogP) is 3.93. The van der Waals surface area contributed by atoms with Crippen LogP contribution in [-0.2, 0) is 39.2 Å². The molecule has 0 unspecified atom stereocenters. The van der Waals surface area contributed by atoms with Gasteiger partial charge in [0, 0.05) is 19.3 Å². The van der Waals surface area contributed by atoms with Crippen molar-refractivity contribution in [1.29, 1.82) is 0 Å². The molecule has 0 radical (unpaired) electrons. The molecule has 0 bridgehead atoms. The van der Waals surface area contributed by atoms with Crippen molar-refractivity contribution >= 4 is 21.8 Å². The molecule has 0 spiro atoms. The number of carbonyl (C=O) groups is 2. The van der Waals surface area contributed by atoms with Gasteiger partial charge in [0.2, 0.25) is 21.8 Å². The number of aromatic nitrogens is 1. The standard InChI is InChI=1S/C31H32N4O4S/c1-40(38,39)34(22-25-13-5-2-6-14-25)24-29(36)35(23-26-15-7-3-8-16-26)30(27-17-9-4-10-18-27)31(37)33-21-28-19-11-12-20-32-28/h2-20,30H,21-24H2,1H3,(H,33,37)/t30-/m1/s1. The zero-order valence-electron chi connectivity index (χ0n) is 22.3. The molecule has 0 fully saturated rings. The van der Waals surface area contributed by atoms with Gasteiger partial charge in [-0.3, -0.25) is 14.6 Å². The molecule has 1 atom stereocenters. The van der Waals surface area contributed by atoms with Crippen LogP contribution < -0.4 is 5.32 Å². The maximum atomic E-state index is 14.0. The highest BCUT2D eigenvalue weighted by Gasteiger charge is 2.33. The number of hydrogen-bond donors (Lipinski definition) is 1. The third kappa shape index (κ3) is 8.08. The van der Waals surface area contributed by atoms with Gasteiger partial charge < -0.3 is 10.2 Å². The Kier molecular flexibility index (Phi) is 9.77. The fourth-order valence-corrected chi connectivity index (χ4v) is 5.04. The molecule has 1 N–H and O–H groups in total. The minimum atomic E-state index is -3.74. The van der Waals surface area contributed by atoms with E-state index in [0.29, 0.717) is 11.3 Å². The number of amides is 2. The second-order valence-corrected chi connectivity index (χ2v) is 11.4. The van der Waals surface area contributed by atoms with Crippen LogP contribution in [0.25, 0.3) is 0 Å².